The molecule has 0 radical (unpaired) electrons. The Morgan fingerprint density at radius 3 is 2.37 bits per heavy atom. The summed E-state index contributed by atoms with van der Waals surface area (Å²) >= 11 is 3.57. The summed E-state index contributed by atoms with van der Waals surface area (Å²) in [5.41, 5.74) is 1.34. The molecule has 1 aromatic rings. The van der Waals surface area contributed by atoms with E-state index < -0.39 is 0 Å². The number of benzene rings is 1. The molecule has 2 nitrogen and oxygen atoms in total. The molecule has 108 valence electrons. The van der Waals surface area contributed by atoms with Crippen LogP contribution in [0.3, 0.4) is 0 Å². The predicted octanol–water partition coefficient (Wildman–Crippen LogP) is 4.55. The van der Waals surface area contributed by atoms with Gasteiger partial charge in [0.15, 0.2) is 0 Å². The van der Waals surface area contributed by atoms with Gasteiger partial charge in [-0.1, -0.05) is 19.9 Å². The quantitative estimate of drug-likeness (QED) is 0.856. The van der Waals surface area contributed by atoms with Crippen molar-refractivity contribution in [3.05, 3.63) is 28.2 Å². The normalized spacial score (nSPS) is 13.7. The van der Waals surface area contributed by atoms with E-state index in [4.69, 9.17) is 4.74 Å². The van der Waals surface area contributed by atoms with Gasteiger partial charge in [0.1, 0.15) is 11.9 Å². The number of ether oxygens (including phenoxy) is 1. The van der Waals surface area contributed by atoms with Crippen LogP contribution in [-0.2, 0) is 0 Å². The van der Waals surface area contributed by atoms with E-state index in [0.717, 1.165) is 16.8 Å². The van der Waals surface area contributed by atoms with E-state index in [2.05, 4.69) is 74.9 Å². The molecule has 1 aromatic carbocycles. The molecule has 1 unspecified atom stereocenters. The van der Waals surface area contributed by atoms with Crippen LogP contribution in [0.15, 0.2) is 22.7 Å². The molecular weight excluding hydrogens is 302 g/mol. The number of rotatable bonds is 5. The van der Waals surface area contributed by atoms with Crippen molar-refractivity contribution in [1.29, 1.82) is 0 Å². The van der Waals surface area contributed by atoms with Crippen molar-refractivity contribution in [2.24, 2.45) is 5.92 Å². The first-order valence-electron chi connectivity index (χ1n) is 6.87. The third-order valence-electron chi connectivity index (χ3n) is 2.94. The van der Waals surface area contributed by atoms with Crippen molar-refractivity contribution in [1.82, 2.24) is 5.32 Å². The highest BCUT2D eigenvalue weighted by atomic mass is 79.9. The summed E-state index contributed by atoms with van der Waals surface area (Å²) in [5.74, 6) is 1.38. The zero-order valence-electron chi connectivity index (χ0n) is 12.9. The number of hydrogen-bond acceptors (Lipinski definition) is 2. The number of hydrogen-bond donors (Lipinski definition) is 1. The lowest BCUT2D eigenvalue weighted by Gasteiger charge is -2.28. The van der Waals surface area contributed by atoms with Crippen LogP contribution in [0.25, 0.3) is 0 Å². The first kappa shape index (κ1) is 16.5. The van der Waals surface area contributed by atoms with E-state index in [9.17, 15) is 0 Å². The number of aryl methyl sites for hydroxylation is 1. The summed E-state index contributed by atoms with van der Waals surface area (Å²) in [4.78, 5) is 0. The molecule has 0 bridgehead atoms. The Labute approximate surface area is 126 Å². The van der Waals surface area contributed by atoms with E-state index in [0.29, 0.717) is 5.92 Å². The van der Waals surface area contributed by atoms with Gasteiger partial charge < -0.3 is 10.1 Å². The summed E-state index contributed by atoms with van der Waals surface area (Å²) in [5, 5.41) is 3.51. The number of halogens is 1. The molecule has 0 aliphatic rings. The molecule has 19 heavy (non-hydrogen) atoms. The first-order chi connectivity index (χ1) is 8.69. The second-order valence-corrected chi connectivity index (χ2v) is 7.32. The summed E-state index contributed by atoms with van der Waals surface area (Å²) in [6, 6.07) is 6.20. The van der Waals surface area contributed by atoms with Gasteiger partial charge in [0.25, 0.3) is 0 Å². The van der Waals surface area contributed by atoms with Gasteiger partial charge >= 0.3 is 0 Å². The maximum atomic E-state index is 6.15. The summed E-state index contributed by atoms with van der Waals surface area (Å²) in [6.45, 7) is 13.8. The van der Waals surface area contributed by atoms with Gasteiger partial charge in [0.2, 0.25) is 0 Å². The van der Waals surface area contributed by atoms with Gasteiger partial charge in [-0.3, -0.25) is 0 Å². The minimum atomic E-state index is 0.112. The number of nitrogens with one attached hydrogen (secondary N) is 1. The van der Waals surface area contributed by atoms with Crippen LogP contribution in [0.1, 0.15) is 40.2 Å². The average Bonchev–Trinajstić information content (AvgIpc) is 2.24. The van der Waals surface area contributed by atoms with Crippen molar-refractivity contribution in [3.63, 3.8) is 0 Å². The van der Waals surface area contributed by atoms with Crippen LogP contribution >= 0.6 is 15.9 Å². The Balaban J connectivity index is 2.73. The van der Waals surface area contributed by atoms with Crippen molar-refractivity contribution in [2.45, 2.75) is 53.2 Å². The Morgan fingerprint density at radius 1 is 1.26 bits per heavy atom. The van der Waals surface area contributed by atoms with Gasteiger partial charge in [0, 0.05) is 12.1 Å². The molecule has 1 rings (SSSR count). The summed E-state index contributed by atoms with van der Waals surface area (Å²) in [6.07, 6.45) is 0.165. The van der Waals surface area contributed by atoms with E-state index in [1.165, 1.54) is 5.56 Å². The average molecular weight is 328 g/mol. The molecule has 0 amide bonds. The molecule has 1 N–H and O–H groups in total. The zero-order valence-corrected chi connectivity index (χ0v) is 14.5. The van der Waals surface area contributed by atoms with Crippen molar-refractivity contribution < 1.29 is 4.74 Å². The SMILES string of the molecule is Cc1ccc(OC(CNC(C)(C)C)C(C)C)c(Br)c1. The van der Waals surface area contributed by atoms with Crippen LogP contribution in [-0.4, -0.2) is 18.2 Å². The Hall–Kier alpha value is -0.540. The third kappa shape index (κ3) is 5.96. The predicted molar refractivity (Wildman–Crippen MR) is 85.9 cm³/mol. The molecular formula is C16H26BrNO. The van der Waals surface area contributed by atoms with Crippen LogP contribution in [0, 0.1) is 12.8 Å². The molecule has 0 spiro atoms. The second-order valence-electron chi connectivity index (χ2n) is 6.47. The van der Waals surface area contributed by atoms with Gasteiger partial charge in [-0.25, -0.2) is 0 Å². The standard InChI is InChI=1S/C16H26BrNO/c1-11(2)15(10-18-16(4,5)6)19-14-8-7-12(3)9-13(14)17/h7-9,11,15,18H,10H2,1-6H3. The van der Waals surface area contributed by atoms with Crippen LogP contribution in [0.2, 0.25) is 0 Å². The lowest BCUT2D eigenvalue weighted by Crippen LogP contribution is -2.44. The van der Waals surface area contributed by atoms with E-state index in [1.807, 2.05) is 6.07 Å². The highest BCUT2D eigenvalue weighted by Crippen LogP contribution is 2.27. The van der Waals surface area contributed by atoms with Gasteiger partial charge in [-0.05, 0) is 67.2 Å². The van der Waals surface area contributed by atoms with Crippen LogP contribution in [0.4, 0.5) is 0 Å². The maximum absolute atomic E-state index is 6.15. The summed E-state index contributed by atoms with van der Waals surface area (Å²) < 4.78 is 7.17. The largest absolute Gasteiger partial charge is 0.488 e. The van der Waals surface area contributed by atoms with Crippen molar-refractivity contribution in [3.8, 4) is 5.75 Å². The molecule has 1 atom stereocenters. The van der Waals surface area contributed by atoms with Crippen molar-refractivity contribution >= 4 is 15.9 Å². The monoisotopic (exact) mass is 327 g/mol. The highest BCUT2D eigenvalue weighted by molar-refractivity contribution is 9.10. The van der Waals surface area contributed by atoms with E-state index >= 15 is 0 Å². The Kier molecular flexibility index (Phi) is 5.87. The third-order valence-corrected chi connectivity index (χ3v) is 3.56. The second kappa shape index (κ2) is 6.76. The Morgan fingerprint density at radius 2 is 1.89 bits per heavy atom. The maximum Gasteiger partial charge on any atom is 0.133 e. The van der Waals surface area contributed by atoms with Crippen molar-refractivity contribution in [2.75, 3.05) is 6.54 Å². The molecule has 0 saturated carbocycles. The van der Waals surface area contributed by atoms with Crippen LogP contribution in [0.5, 0.6) is 5.75 Å². The fourth-order valence-corrected chi connectivity index (χ4v) is 2.27. The highest BCUT2D eigenvalue weighted by Gasteiger charge is 2.19. The topological polar surface area (TPSA) is 21.3 Å². The van der Waals surface area contributed by atoms with Gasteiger partial charge in [0.05, 0.1) is 4.47 Å². The molecule has 0 aromatic heterocycles. The fraction of sp³-hybridized carbons (Fsp3) is 0.625. The molecule has 0 aliphatic heterocycles. The summed E-state index contributed by atoms with van der Waals surface area (Å²) in [7, 11) is 0. The molecule has 0 fully saturated rings. The molecule has 0 heterocycles. The van der Waals surface area contributed by atoms with Gasteiger partial charge in [-0.2, -0.15) is 0 Å². The lowest BCUT2D eigenvalue weighted by atomic mass is 10.0. The lowest BCUT2D eigenvalue weighted by molar-refractivity contribution is 0.139. The van der Waals surface area contributed by atoms with Gasteiger partial charge in [-0.15, -0.1) is 0 Å². The fourth-order valence-electron chi connectivity index (χ4n) is 1.68. The minimum absolute atomic E-state index is 0.112. The van der Waals surface area contributed by atoms with Crippen LogP contribution < -0.4 is 10.1 Å². The molecule has 3 heteroatoms. The molecule has 0 saturated heterocycles. The van der Waals surface area contributed by atoms with E-state index in [-0.39, 0.29) is 11.6 Å². The Bertz CT molecular complexity index is 410. The van der Waals surface area contributed by atoms with E-state index in [1.54, 1.807) is 0 Å². The smallest absolute Gasteiger partial charge is 0.133 e. The minimum Gasteiger partial charge on any atom is -0.488 e. The molecule has 0 aliphatic carbocycles. The zero-order chi connectivity index (χ0) is 14.6. The first-order valence-corrected chi connectivity index (χ1v) is 7.66.